The molecule has 3 nitrogen and oxygen atoms in total. The highest BCUT2D eigenvalue weighted by Crippen LogP contribution is 2.36. The molecule has 1 aromatic rings. The van der Waals surface area contributed by atoms with E-state index in [1.165, 1.54) is 7.11 Å². The summed E-state index contributed by atoms with van der Waals surface area (Å²) in [6.07, 6.45) is 2.13. The van der Waals surface area contributed by atoms with Crippen LogP contribution in [0.15, 0.2) is 18.2 Å². The van der Waals surface area contributed by atoms with Crippen molar-refractivity contribution in [2.75, 3.05) is 12.4 Å². The van der Waals surface area contributed by atoms with Crippen LogP contribution >= 0.6 is 11.6 Å². The van der Waals surface area contributed by atoms with Gasteiger partial charge in [0.25, 0.3) is 0 Å². The van der Waals surface area contributed by atoms with Gasteiger partial charge in [0.2, 0.25) is 0 Å². The van der Waals surface area contributed by atoms with E-state index in [9.17, 15) is 4.79 Å². The summed E-state index contributed by atoms with van der Waals surface area (Å²) >= 11 is 6.10. The molecule has 0 heterocycles. The van der Waals surface area contributed by atoms with Crippen molar-refractivity contribution in [1.29, 1.82) is 0 Å². The minimum atomic E-state index is -0.278. The summed E-state index contributed by atoms with van der Waals surface area (Å²) in [6, 6.07) is 5.44. The van der Waals surface area contributed by atoms with Crippen molar-refractivity contribution in [1.82, 2.24) is 0 Å². The third kappa shape index (κ3) is 2.91. The van der Waals surface area contributed by atoms with Crippen LogP contribution in [0.1, 0.15) is 18.4 Å². The van der Waals surface area contributed by atoms with Crippen LogP contribution in [0.25, 0.3) is 0 Å². The number of carbonyl (C=O) groups is 1. The number of ether oxygens (including phenoxy) is 1. The zero-order valence-electron chi connectivity index (χ0n) is 10.00. The van der Waals surface area contributed by atoms with Crippen LogP contribution in [-0.2, 0) is 9.53 Å². The topological polar surface area (TPSA) is 38.3 Å². The van der Waals surface area contributed by atoms with E-state index in [0.717, 1.165) is 24.1 Å². The largest absolute Gasteiger partial charge is 0.467 e. The molecule has 1 N–H and O–H groups in total. The molecule has 1 atom stereocenters. The van der Waals surface area contributed by atoms with Gasteiger partial charge in [-0.15, -0.1) is 0 Å². The van der Waals surface area contributed by atoms with Gasteiger partial charge in [-0.2, -0.15) is 0 Å². The molecule has 0 spiro atoms. The number of benzene rings is 1. The van der Waals surface area contributed by atoms with Crippen LogP contribution in [-0.4, -0.2) is 19.1 Å². The second kappa shape index (κ2) is 4.96. The van der Waals surface area contributed by atoms with Gasteiger partial charge >= 0.3 is 5.97 Å². The maximum Gasteiger partial charge on any atom is 0.328 e. The van der Waals surface area contributed by atoms with Gasteiger partial charge in [-0.25, -0.2) is 4.79 Å². The van der Waals surface area contributed by atoms with E-state index in [4.69, 9.17) is 16.3 Å². The second-order valence-electron chi connectivity index (χ2n) is 4.47. The average molecular weight is 254 g/mol. The standard InChI is InChI=1S/C13H16ClNO2/c1-8-3-6-10(14)11(7-8)15-12(9-4-5-9)13(16)17-2/h3,6-7,9,12,15H,4-5H2,1-2H3. The predicted octanol–water partition coefficient (Wildman–Crippen LogP) is 3.01. The van der Waals surface area contributed by atoms with Crippen LogP contribution in [0.2, 0.25) is 5.02 Å². The van der Waals surface area contributed by atoms with Gasteiger partial charge in [-0.3, -0.25) is 0 Å². The third-order valence-corrected chi connectivity index (χ3v) is 3.31. The van der Waals surface area contributed by atoms with Gasteiger partial charge in [0.05, 0.1) is 17.8 Å². The van der Waals surface area contributed by atoms with Crippen molar-refractivity contribution in [3.63, 3.8) is 0 Å². The van der Waals surface area contributed by atoms with Crippen molar-refractivity contribution in [3.05, 3.63) is 28.8 Å². The third-order valence-electron chi connectivity index (χ3n) is 2.98. The first kappa shape index (κ1) is 12.2. The van der Waals surface area contributed by atoms with Crippen LogP contribution in [0.3, 0.4) is 0 Å². The minimum absolute atomic E-state index is 0.218. The van der Waals surface area contributed by atoms with Gasteiger partial charge < -0.3 is 10.1 Å². The summed E-state index contributed by atoms with van der Waals surface area (Å²) in [5, 5.41) is 3.82. The number of rotatable bonds is 4. The number of aryl methyl sites for hydroxylation is 1. The Morgan fingerprint density at radius 1 is 1.53 bits per heavy atom. The summed E-state index contributed by atoms with van der Waals surface area (Å²) in [5.41, 5.74) is 1.91. The number of esters is 1. The van der Waals surface area contributed by atoms with E-state index in [-0.39, 0.29) is 12.0 Å². The molecule has 0 bridgehead atoms. The zero-order chi connectivity index (χ0) is 12.4. The fraction of sp³-hybridized carbons (Fsp3) is 0.462. The molecule has 0 saturated heterocycles. The fourth-order valence-corrected chi connectivity index (χ4v) is 2.02. The molecule has 1 saturated carbocycles. The maximum absolute atomic E-state index is 11.7. The number of nitrogens with one attached hydrogen (secondary N) is 1. The molecular formula is C13H16ClNO2. The first-order valence-electron chi connectivity index (χ1n) is 5.72. The van der Waals surface area contributed by atoms with Crippen molar-refractivity contribution >= 4 is 23.3 Å². The maximum atomic E-state index is 11.7. The molecule has 0 aromatic heterocycles. The van der Waals surface area contributed by atoms with E-state index < -0.39 is 0 Å². The van der Waals surface area contributed by atoms with E-state index in [1.807, 2.05) is 25.1 Å². The predicted molar refractivity (Wildman–Crippen MR) is 68.3 cm³/mol. The van der Waals surface area contributed by atoms with Gasteiger partial charge in [-0.1, -0.05) is 17.7 Å². The normalized spacial score (nSPS) is 16.4. The molecule has 17 heavy (non-hydrogen) atoms. The molecule has 0 amide bonds. The minimum Gasteiger partial charge on any atom is -0.467 e. The van der Waals surface area contributed by atoms with Gasteiger partial charge in [0.1, 0.15) is 6.04 Å². The Morgan fingerprint density at radius 2 is 2.24 bits per heavy atom. The number of halogens is 1. The molecule has 1 fully saturated rings. The summed E-state index contributed by atoms with van der Waals surface area (Å²) in [6.45, 7) is 1.99. The summed E-state index contributed by atoms with van der Waals surface area (Å²) in [5.74, 6) is 0.157. The van der Waals surface area contributed by atoms with Gasteiger partial charge in [0.15, 0.2) is 0 Å². The van der Waals surface area contributed by atoms with E-state index in [1.54, 1.807) is 0 Å². The highest BCUT2D eigenvalue weighted by Gasteiger charge is 2.37. The molecular weight excluding hydrogens is 238 g/mol. The summed E-state index contributed by atoms with van der Waals surface area (Å²) < 4.78 is 4.81. The zero-order valence-corrected chi connectivity index (χ0v) is 10.8. The lowest BCUT2D eigenvalue weighted by Crippen LogP contribution is -2.32. The number of hydrogen-bond donors (Lipinski definition) is 1. The Hall–Kier alpha value is -1.22. The monoisotopic (exact) mass is 253 g/mol. The first-order chi connectivity index (χ1) is 8.11. The summed E-state index contributed by atoms with van der Waals surface area (Å²) in [7, 11) is 1.41. The second-order valence-corrected chi connectivity index (χ2v) is 4.87. The lowest BCUT2D eigenvalue weighted by Gasteiger charge is -2.18. The molecule has 1 aliphatic rings. The number of methoxy groups -OCH3 is 1. The molecule has 4 heteroatoms. The van der Waals surface area contributed by atoms with Crippen LogP contribution < -0.4 is 5.32 Å². The Balaban J connectivity index is 2.16. The van der Waals surface area contributed by atoms with E-state index in [0.29, 0.717) is 10.9 Å². The number of hydrogen-bond acceptors (Lipinski definition) is 3. The smallest absolute Gasteiger partial charge is 0.328 e. The van der Waals surface area contributed by atoms with Crippen molar-refractivity contribution in [2.45, 2.75) is 25.8 Å². The van der Waals surface area contributed by atoms with E-state index >= 15 is 0 Å². The van der Waals surface area contributed by atoms with E-state index in [2.05, 4.69) is 5.32 Å². The molecule has 2 rings (SSSR count). The molecule has 0 aliphatic heterocycles. The molecule has 1 aliphatic carbocycles. The lowest BCUT2D eigenvalue weighted by molar-refractivity contribution is -0.142. The molecule has 92 valence electrons. The quantitative estimate of drug-likeness (QED) is 0.839. The Morgan fingerprint density at radius 3 is 2.82 bits per heavy atom. The number of anilines is 1. The fourth-order valence-electron chi connectivity index (χ4n) is 1.84. The SMILES string of the molecule is COC(=O)C(Nc1cc(C)ccc1Cl)C1CC1. The average Bonchev–Trinajstić information content (AvgIpc) is 3.13. The van der Waals surface area contributed by atoms with Gasteiger partial charge in [0, 0.05) is 0 Å². The highest BCUT2D eigenvalue weighted by molar-refractivity contribution is 6.33. The van der Waals surface area contributed by atoms with Crippen molar-refractivity contribution < 1.29 is 9.53 Å². The van der Waals surface area contributed by atoms with Crippen LogP contribution in [0, 0.1) is 12.8 Å². The van der Waals surface area contributed by atoms with Crippen molar-refractivity contribution in [2.24, 2.45) is 5.92 Å². The van der Waals surface area contributed by atoms with Crippen molar-refractivity contribution in [3.8, 4) is 0 Å². The van der Waals surface area contributed by atoms with Crippen LogP contribution in [0.4, 0.5) is 5.69 Å². The first-order valence-corrected chi connectivity index (χ1v) is 6.10. The number of carbonyl (C=O) groups excluding carboxylic acids is 1. The van der Waals surface area contributed by atoms with Crippen LogP contribution in [0.5, 0.6) is 0 Å². The molecule has 1 aromatic carbocycles. The summed E-state index contributed by atoms with van der Waals surface area (Å²) in [4.78, 5) is 11.7. The molecule has 0 radical (unpaired) electrons. The Bertz CT molecular complexity index is 429. The Kier molecular flexibility index (Phi) is 3.57. The highest BCUT2D eigenvalue weighted by atomic mass is 35.5. The lowest BCUT2D eigenvalue weighted by atomic mass is 10.1. The Labute approximate surface area is 106 Å². The molecule has 1 unspecified atom stereocenters. The van der Waals surface area contributed by atoms with Gasteiger partial charge in [-0.05, 0) is 43.4 Å².